The molecule has 168 valence electrons. The van der Waals surface area contributed by atoms with Gasteiger partial charge in [0.2, 0.25) is 0 Å². The van der Waals surface area contributed by atoms with Gasteiger partial charge in [-0.15, -0.1) is 45.5 Å². The van der Waals surface area contributed by atoms with Crippen LogP contribution < -0.4 is 10.6 Å². The maximum atomic E-state index is 4.80. The molecule has 0 aliphatic carbocycles. The third-order valence-electron chi connectivity index (χ3n) is 5.19. The number of guanidine groups is 1. The van der Waals surface area contributed by atoms with Crippen LogP contribution in [-0.2, 0) is 13.0 Å². The smallest absolute Gasteiger partial charge is 0.191 e. The molecule has 2 aromatic heterocycles. The molecule has 9 heteroatoms. The van der Waals surface area contributed by atoms with Crippen LogP contribution in [-0.4, -0.2) is 58.3 Å². The molecule has 0 aromatic carbocycles. The van der Waals surface area contributed by atoms with Crippen LogP contribution in [0.1, 0.15) is 50.4 Å². The van der Waals surface area contributed by atoms with Crippen molar-refractivity contribution in [2.45, 2.75) is 52.6 Å². The predicted octanol–water partition coefficient (Wildman–Crippen LogP) is 3.55. The zero-order valence-electron chi connectivity index (χ0n) is 18.4. The second-order valence-electron chi connectivity index (χ2n) is 7.96. The van der Waals surface area contributed by atoms with E-state index >= 15 is 0 Å². The highest BCUT2D eigenvalue weighted by atomic mass is 127. The number of aryl methyl sites for hydroxylation is 1. The van der Waals surface area contributed by atoms with E-state index in [-0.39, 0.29) is 24.0 Å². The Balaban J connectivity index is 0.00000320. The highest BCUT2D eigenvalue weighted by Gasteiger charge is 2.24. The Kier molecular flexibility index (Phi) is 11.1. The van der Waals surface area contributed by atoms with Crippen molar-refractivity contribution in [2.24, 2.45) is 10.9 Å². The number of thiophene rings is 1. The second kappa shape index (κ2) is 13.3. The number of aromatic nitrogens is 3. The lowest BCUT2D eigenvalue weighted by Crippen LogP contribution is -2.43. The normalized spacial score (nSPS) is 15.9. The molecule has 3 rings (SSSR count). The molecule has 30 heavy (non-hydrogen) atoms. The van der Waals surface area contributed by atoms with Gasteiger partial charge in [0, 0.05) is 37.5 Å². The SMILES string of the molecule is CCc1nncn1CCNC(=NCC(C)C)NCC(c1cccs1)N1CCCC1.I. The highest BCUT2D eigenvalue weighted by Crippen LogP contribution is 2.27. The van der Waals surface area contributed by atoms with E-state index in [1.54, 1.807) is 6.33 Å². The number of halogens is 1. The van der Waals surface area contributed by atoms with Crippen molar-refractivity contribution in [3.63, 3.8) is 0 Å². The van der Waals surface area contributed by atoms with Gasteiger partial charge in [-0.3, -0.25) is 9.89 Å². The molecule has 3 heterocycles. The topological polar surface area (TPSA) is 70.4 Å². The molecule has 0 spiro atoms. The number of hydrogen-bond donors (Lipinski definition) is 2. The molecule has 0 bridgehead atoms. The van der Waals surface area contributed by atoms with Crippen molar-refractivity contribution in [3.05, 3.63) is 34.5 Å². The lowest BCUT2D eigenvalue weighted by atomic mass is 10.2. The Labute approximate surface area is 201 Å². The first-order chi connectivity index (χ1) is 14.2. The summed E-state index contributed by atoms with van der Waals surface area (Å²) < 4.78 is 2.10. The van der Waals surface area contributed by atoms with Crippen LogP contribution in [0.5, 0.6) is 0 Å². The summed E-state index contributed by atoms with van der Waals surface area (Å²) in [5.41, 5.74) is 0. The number of nitrogens with one attached hydrogen (secondary N) is 2. The molecule has 0 saturated carbocycles. The van der Waals surface area contributed by atoms with E-state index < -0.39 is 0 Å². The Hall–Kier alpha value is -1.20. The molecule has 2 N–H and O–H groups in total. The van der Waals surface area contributed by atoms with E-state index in [0.717, 1.165) is 44.4 Å². The Morgan fingerprint density at radius 1 is 1.27 bits per heavy atom. The van der Waals surface area contributed by atoms with E-state index in [4.69, 9.17) is 4.99 Å². The number of hydrogen-bond acceptors (Lipinski definition) is 5. The van der Waals surface area contributed by atoms with Gasteiger partial charge in [-0.05, 0) is 43.3 Å². The molecule has 1 aliphatic rings. The maximum Gasteiger partial charge on any atom is 0.191 e. The van der Waals surface area contributed by atoms with Crippen molar-refractivity contribution in [3.8, 4) is 0 Å². The van der Waals surface area contributed by atoms with Crippen LogP contribution in [0, 0.1) is 5.92 Å². The fourth-order valence-corrected chi connectivity index (χ4v) is 4.48. The minimum absolute atomic E-state index is 0. The molecule has 0 radical (unpaired) electrons. The number of aliphatic imine (C=N–C) groups is 1. The average Bonchev–Trinajstić information content (AvgIpc) is 3.48. The summed E-state index contributed by atoms with van der Waals surface area (Å²) in [5.74, 6) is 2.45. The van der Waals surface area contributed by atoms with Gasteiger partial charge in [0.25, 0.3) is 0 Å². The Morgan fingerprint density at radius 2 is 2.07 bits per heavy atom. The largest absolute Gasteiger partial charge is 0.355 e. The van der Waals surface area contributed by atoms with Gasteiger partial charge in [0.05, 0.1) is 6.04 Å². The van der Waals surface area contributed by atoms with Gasteiger partial charge >= 0.3 is 0 Å². The van der Waals surface area contributed by atoms with Crippen molar-refractivity contribution in [2.75, 3.05) is 32.7 Å². The summed E-state index contributed by atoms with van der Waals surface area (Å²) in [6.07, 6.45) is 5.30. The molecule has 1 fully saturated rings. The van der Waals surface area contributed by atoms with Crippen LogP contribution >= 0.6 is 35.3 Å². The van der Waals surface area contributed by atoms with E-state index in [0.29, 0.717) is 12.0 Å². The zero-order valence-corrected chi connectivity index (χ0v) is 21.5. The lowest BCUT2D eigenvalue weighted by molar-refractivity contribution is 0.249. The first-order valence-corrected chi connectivity index (χ1v) is 11.7. The van der Waals surface area contributed by atoms with Crippen LogP contribution in [0.4, 0.5) is 0 Å². The van der Waals surface area contributed by atoms with Crippen molar-refractivity contribution in [1.29, 1.82) is 0 Å². The monoisotopic (exact) mass is 545 g/mol. The molecule has 1 atom stereocenters. The summed E-state index contributed by atoms with van der Waals surface area (Å²) in [7, 11) is 0. The first kappa shape index (κ1) is 25.1. The van der Waals surface area contributed by atoms with Gasteiger partial charge in [0.15, 0.2) is 5.96 Å². The van der Waals surface area contributed by atoms with Crippen LogP contribution in [0.15, 0.2) is 28.8 Å². The maximum absolute atomic E-state index is 4.80. The van der Waals surface area contributed by atoms with Crippen LogP contribution in [0.2, 0.25) is 0 Å². The van der Waals surface area contributed by atoms with Crippen molar-refractivity contribution in [1.82, 2.24) is 30.3 Å². The second-order valence-corrected chi connectivity index (χ2v) is 8.94. The third kappa shape index (κ3) is 7.49. The minimum atomic E-state index is 0. The summed E-state index contributed by atoms with van der Waals surface area (Å²) in [6.45, 7) is 12.2. The van der Waals surface area contributed by atoms with E-state index in [2.05, 4.69) is 68.6 Å². The fourth-order valence-electron chi connectivity index (χ4n) is 3.62. The predicted molar refractivity (Wildman–Crippen MR) is 136 cm³/mol. The number of likely N-dealkylation sites (tertiary alicyclic amines) is 1. The van der Waals surface area contributed by atoms with Crippen LogP contribution in [0.25, 0.3) is 0 Å². The minimum Gasteiger partial charge on any atom is -0.355 e. The Bertz CT molecular complexity index is 738. The van der Waals surface area contributed by atoms with Crippen molar-refractivity contribution >= 4 is 41.3 Å². The van der Waals surface area contributed by atoms with Gasteiger partial charge < -0.3 is 15.2 Å². The zero-order chi connectivity index (χ0) is 20.5. The summed E-state index contributed by atoms with van der Waals surface area (Å²) in [5, 5.41) is 17.5. The third-order valence-corrected chi connectivity index (χ3v) is 6.16. The van der Waals surface area contributed by atoms with E-state index in [9.17, 15) is 0 Å². The Morgan fingerprint density at radius 3 is 2.73 bits per heavy atom. The quantitative estimate of drug-likeness (QED) is 0.272. The highest BCUT2D eigenvalue weighted by molar-refractivity contribution is 14.0. The lowest BCUT2D eigenvalue weighted by Gasteiger charge is -2.27. The molecule has 0 amide bonds. The van der Waals surface area contributed by atoms with Gasteiger partial charge in [0.1, 0.15) is 12.2 Å². The number of nitrogens with zero attached hydrogens (tertiary/aromatic N) is 5. The van der Waals surface area contributed by atoms with Crippen molar-refractivity contribution < 1.29 is 0 Å². The molecular formula is C21H36IN7S. The van der Waals surface area contributed by atoms with Gasteiger partial charge in [-0.1, -0.05) is 26.8 Å². The summed E-state index contributed by atoms with van der Waals surface area (Å²) in [6, 6.07) is 4.82. The molecule has 1 saturated heterocycles. The van der Waals surface area contributed by atoms with E-state index in [1.807, 2.05) is 11.3 Å². The standard InChI is InChI=1S/C21H35N7S.HI/c1-4-20-26-25-16-28(20)12-9-22-21(23-14-17(2)3)24-15-18(19-8-7-13-29-19)27-10-5-6-11-27;/h7-8,13,16-18H,4-6,9-12,14-15H2,1-3H3,(H2,22,23,24);1H. The van der Waals surface area contributed by atoms with E-state index in [1.165, 1.54) is 30.8 Å². The van der Waals surface area contributed by atoms with Crippen LogP contribution in [0.3, 0.4) is 0 Å². The average molecular weight is 546 g/mol. The van der Waals surface area contributed by atoms with Gasteiger partial charge in [-0.25, -0.2) is 0 Å². The molecule has 2 aromatic rings. The van der Waals surface area contributed by atoms with Gasteiger partial charge in [-0.2, -0.15) is 0 Å². The molecular weight excluding hydrogens is 509 g/mol. The molecule has 1 aliphatic heterocycles. The molecule has 1 unspecified atom stereocenters. The molecule has 7 nitrogen and oxygen atoms in total. The summed E-state index contributed by atoms with van der Waals surface area (Å²) in [4.78, 5) is 8.83. The number of rotatable bonds is 10. The summed E-state index contributed by atoms with van der Waals surface area (Å²) >= 11 is 1.85. The fraction of sp³-hybridized carbons (Fsp3) is 0.667. The first-order valence-electron chi connectivity index (χ1n) is 10.8.